The summed E-state index contributed by atoms with van der Waals surface area (Å²) in [6.07, 6.45) is 1.79. The summed E-state index contributed by atoms with van der Waals surface area (Å²) in [5, 5.41) is 1.27. The first-order valence-electron chi connectivity index (χ1n) is 4.23. The highest BCUT2D eigenvalue weighted by atomic mass is 79.9. The molecule has 2 aromatic rings. The maximum Gasteiger partial charge on any atom is 0.133 e. The van der Waals surface area contributed by atoms with Gasteiger partial charge in [-0.3, -0.25) is 0 Å². The topological polar surface area (TPSA) is 15.8 Å². The van der Waals surface area contributed by atoms with Gasteiger partial charge in [0.2, 0.25) is 0 Å². The number of hydrogen-bond donors (Lipinski definition) is 1. The number of benzene rings is 1. The third-order valence-electron chi connectivity index (χ3n) is 2.20. The summed E-state index contributed by atoms with van der Waals surface area (Å²) in [7, 11) is 0. The number of allylic oxidation sites excluding steroid dienone is 1. The van der Waals surface area contributed by atoms with Crippen LogP contribution in [-0.4, -0.2) is 10.3 Å². The van der Waals surface area contributed by atoms with Gasteiger partial charge in [0, 0.05) is 28.0 Å². The van der Waals surface area contributed by atoms with Crippen LogP contribution in [0.1, 0.15) is 5.56 Å². The van der Waals surface area contributed by atoms with Gasteiger partial charge in [0.05, 0.1) is 0 Å². The van der Waals surface area contributed by atoms with Crippen molar-refractivity contribution >= 4 is 32.4 Å². The van der Waals surface area contributed by atoms with E-state index in [1.54, 1.807) is 12.3 Å². The highest BCUT2D eigenvalue weighted by Gasteiger charge is 2.09. The number of aromatic nitrogens is 1. The molecule has 0 saturated carbocycles. The van der Waals surface area contributed by atoms with Gasteiger partial charge in [-0.1, -0.05) is 28.6 Å². The molecule has 3 heteroatoms. The Balaban J connectivity index is 2.73. The standard InChI is InChI=1S/C11H9BrFN/c1-7(5-12)8-6-14-10-4-2-3-9(13)11(8)10/h2-4,6,14H,1,5H2. The molecule has 0 atom stereocenters. The summed E-state index contributed by atoms with van der Waals surface area (Å²) >= 11 is 3.31. The fraction of sp³-hybridized carbons (Fsp3) is 0.0909. The van der Waals surface area contributed by atoms with Crippen LogP contribution in [0.2, 0.25) is 0 Å². The number of fused-ring (bicyclic) bond motifs is 1. The predicted molar refractivity (Wildman–Crippen MR) is 61.1 cm³/mol. The maximum absolute atomic E-state index is 13.5. The van der Waals surface area contributed by atoms with Gasteiger partial charge in [0.25, 0.3) is 0 Å². The Morgan fingerprint density at radius 2 is 2.29 bits per heavy atom. The molecule has 0 radical (unpaired) electrons. The molecule has 14 heavy (non-hydrogen) atoms. The lowest BCUT2D eigenvalue weighted by atomic mass is 10.1. The third-order valence-corrected chi connectivity index (χ3v) is 2.87. The molecule has 72 valence electrons. The Morgan fingerprint density at radius 1 is 1.50 bits per heavy atom. The fourth-order valence-corrected chi connectivity index (χ4v) is 1.79. The van der Waals surface area contributed by atoms with Crippen LogP contribution < -0.4 is 0 Å². The Kier molecular flexibility index (Phi) is 2.42. The van der Waals surface area contributed by atoms with Crippen LogP contribution in [-0.2, 0) is 0 Å². The molecular formula is C11H9BrFN. The highest BCUT2D eigenvalue weighted by Crippen LogP contribution is 2.27. The van der Waals surface area contributed by atoms with Gasteiger partial charge in [-0.2, -0.15) is 0 Å². The summed E-state index contributed by atoms with van der Waals surface area (Å²) in [6.45, 7) is 3.87. The Labute approximate surface area is 89.8 Å². The SMILES string of the molecule is C=C(CBr)c1c[nH]c2cccc(F)c12. The average Bonchev–Trinajstić information content (AvgIpc) is 2.62. The normalized spacial score (nSPS) is 10.7. The number of alkyl halides is 1. The van der Waals surface area contributed by atoms with E-state index >= 15 is 0 Å². The van der Waals surface area contributed by atoms with Crippen LogP contribution in [0.15, 0.2) is 31.0 Å². The smallest absolute Gasteiger partial charge is 0.133 e. The maximum atomic E-state index is 13.5. The van der Waals surface area contributed by atoms with Crippen molar-refractivity contribution < 1.29 is 4.39 Å². The van der Waals surface area contributed by atoms with Crippen LogP contribution in [0.3, 0.4) is 0 Å². The van der Waals surface area contributed by atoms with Gasteiger partial charge in [-0.25, -0.2) is 4.39 Å². The molecule has 0 amide bonds. The molecule has 0 fully saturated rings. The molecule has 1 N–H and O–H groups in total. The molecule has 1 aromatic carbocycles. The van der Waals surface area contributed by atoms with E-state index in [1.807, 2.05) is 6.07 Å². The van der Waals surface area contributed by atoms with E-state index in [2.05, 4.69) is 27.5 Å². The lowest BCUT2D eigenvalue weighted by Crippen LogP contribution is -1.83. The van der Waals surface area contributed by atoms with Crippen LogP contribution >= 0.6 is 15.9 Å². The quantitative estimate of drug-likeness (QED) is 0.786. The molecule has 0 aliphatic rings. The minimum absolute atomic E-state index is 0.208. The minimum atomic E-state index is -0.208. The molecule has 1 aromatic heterocycles. The third kappa shape index (κ3) is 1.38. The monoisotopic (exact) mass is 253 g/mol. The number of rotatable bonds is 2. The van der Waals surface area contributed by atoms with Crippen molar-refractivity contribution in [3.63, 3.8) is 0 Å². The van der Waals surface area contributed by atoms with Gasteiger partial charge in [0.1, 0.15) is 5.82 Å². The van der Waals surface area contributed by atoms with E-state index in [1.165, 1.54) is 6.07 Å². The molecule has 0 saturated heterocycles. The number of halogens is 2. The van der Waals surface area contributed by atoms with Crippen molar-refractivity contribution in [3.05, 3.63) is 42.4 Å². The first-order valence-corrected chi connectivity index (χ1v) is 5.36. The molecule has 2 rings (SSSR count). The Hall–Kier alpha value is -1.09. The summed E-state index contributed by atoms with van der Waals surface area (Å²) < 4.78 is 13.5. The summed E-state index contributed by atoms with van der Waals surface area (Å²) in [6, 6.07) is 5.00. The van der Waals surface area contributed by atoms with Gasteiger partial charge in [-0.05, 0) is 17.7 Å². The number of nitrogens with one attached hydrogen (secondary N) is 1. The Bertz CT molecular complexity index is 487. The molecule has 0 spiro atoms. The highest BCUT2D eigenvalue weighted by molar-refractivity contribution is 9.09. The predicted octanol–water partition coefficient (Wildman–Crippen LogP) is 3.72. The lowest BCUT2D eigenvalue weighted by Gasteiger charge is -1.99. The second kappa shape index (κ2) is 3.58. The molecule has 0 aliphatic carbocycles. The fourth-order valence-electron chi connectivity index (χ4n) is 1.49. The van der Waals surface area contributed by atoms with Gasteiger partial charge in [-0.15, -0.1) is 0 Å². The van der Waals surface area contributed by atoms with Crippen molar-refractivity contribution in [2.75, 3.05) is 5.33 Å². The molecular weight excluding hydrogens is 245 g/mol. The minimum Gasteiger partial charge on any atom is -0.360 e. The van der Waals surface area contributed by atoms with Crippen molar-refractivity contribution in [2.24, 2.45) is 0 Å². The van der Waals surface area contributed by atoms with Crippen molar-refractivity contribution in [1.29, 1.82) is 0 Å². The molecule has 1 nitrogen and oxygen atoms in total. The summed E-state index contributed by atoms with van der Waals surface area (Å²) in [5.74, 6) is -0.208. The zero-order valence-corrected chi connectivity index (χ0v) is 9.07. The summed E-state index contributed by atoms with van der Waals surface area (Å²) in [4.78, 5) is 3.02. The van der Waals surface area contributed by atoms with Crippen molar-refractivity contribution in [1.82, 2.24) is 4.98 Å². The van der Waals surface area contributed by atoms with Crippen LogP contribution in [0.4, 0.5) is 4.39 Å². The van der Waals surface area contributed by atoms with Crippen molar-refractivity contribution in [2.45, 2.75) is 0 Å². The van der Waals surface area contributed by atoms with Crippen molar-refractivity contribution in [3.8, 4) is 0 Å². The number of aromatic amines is 1. The second-order valence-corrected chi connectivity index (χ2v) is 3.66. The van der Waals surface area contributed by atoms with E-state index in [0.29, 0.717) is 10.7 Å². The number of hydrogen-bond acceptors (Lipinski definition) is 0. The van der Waals surface area contributed by atoms with E-state index in [0.717, 1.165) is 16.7 Å². The van der Waals surface area contributed by atoms with Gasteiger partial charge >= 0.3 is 0 Å². The number of H-pyrrole nitrogens is 1. The largest absolute Gasteiger partial charge is 0.360 e. The van der Waals surface area contributed by atoms with Gasteiger partial charge in [0.15, 0.2) is 0 Å². The average molecular weight is 254 g/mol. The van der Waals surface area contributed by atoms with Gasteiger partial charge < -0.3 is 4.98 Å². The lowest BCUT2D eigenvalue weighted by molar-refractivity contribution is 0.640. The molecule has 0 unspecified atom stereocenters. The molecule has 0 bridgehead atoms. The van der Waals surface area contributed by atoms with Crippen LogP contribution in [0, 0.1) is 5.82 Å². The van der Waals surface area contributed by atoms with Crippen LogP contribution in [0.25, 0.3) is 16.5 Å². The van der Waals surface area contributed by atoms with Crippen LogP contribution in [0.5, 0.6) is 0 Å². The molecule has 0 aliphatic heterocycles. The zero-order chi connectivity index (χ0) is 10.1. The summed E-state index contributed by atoms with van der Waals surface area (Å²) in [5.41, 5.74) is 2.53. The van der Waals surface area contributed by atoms with E-state index in [4.69, 9.17) is 0 Å². The molecule has 1 heterocycles. The van der Waals surface area contributed by atoms with E-state index < -0.39 is 0 Å². The van der Waals surface area contributed by atoms with E-state index in [-0.39, 0.29) is 5.82 Å². The zero-order valence-electron chi connectivity index (χ0n) is 7.48. The second-order valence-electron chi connectivity index (χ2n) is 3.10. The first kappa shape index (κ1) is 9.46. The van der Waals surface area contributed by atoms with E-state index in [9.17, 15) is 4.39 Å². The first-order chi connectivity index (χ1) is 6.74. The Morgan fingerprint density at radius 3 is 3.00 bits per heavy atom.